The summed E-state index contributed by atoms with van der Waals surface area (Å²) in [5, 5.41) is 0.547. The van der Waals surface area contributed by atoms with E-state index in [1.165, 1.54) is 6.42 Å². The molecule has 0 aromatic rings. The van der Waals surface area contributed by atoms with Gasteiger partial charge in [0, 0.05) is 5.25 Å². The monoisotopic (exact) mass is 158 g/mol. The Bertz CT molecular complexity index is 111. The second-order valence-corrected chi connectivity index (χ2v) is 4.85. The fraction of sp³-hybridized carbons (Fsp3) is 1.00. The maximum atomic E-state index is 4.53. The van der Waals surface area contributed by atoms with Gasteiger partial charge in [-0.3, -0.25) is 0 Å². The highest BCUT2D eigenvalue weighted by atomic mass is 32.1. The van der Waals surface area contributed by atoms with Crippen LogP contribution in [0.3, 0.4) is 0 Å². The third-order valence-electron chi connectivity index (χ3n) is 3.73. The van der Waals surface area contributed by atoms with Crippen LogP contribution in [-0.2, 0) is 0 Å². The quantitative estimate of drug-likeness (QED) is 0.557. The molecule has 0 heterocycles. The molecule has 0 amide bonds. The van der Waals surface area contributed by atoms with Crippen molar-refractivity contribution in [2.45, 2.75) is 39.4 Å². The van der Waals surface area contributed by atoms with Gasteiger partial charge in [0.25, 0.3) is 0 Å². The van der Waals surface area contributed by atoms with Gasteiger partial charge in [-0.05, 0) is 23.7 Å². The summed E-state index contributed by atoms with van der Waals surface area (Å²) in [7, 11) is 0. The second-order valence-electron chi connectivity index (χ2n) is 4.08. The summed E-state index contributed by atoms with van der Waals surface area (Å²) in [5.41, 5.74) is 0.503. The van der Waals surface area contributed by atoms with Crippen molar-refractivity contribution in [2.24, 2.45) is 17.3 Å². The molecule has 1 fully saturated rings. The van der Waals surface area contributed by atoms with Crippen molar-refractivity contribution in [3.63, 3.8) is 0 Å². The van der Waals surface area contributed by atoms with E-state index in [4.69, 9.17) is 0 Å². The molecule has 3 unspecified atom stereocenters. The lowest BCUT2D eigenvalue weighted by Crippen LogP contribution is -2.49. The Balaban J connectivity index is 2.66. The molecule has 1 aliphatic carbocycles. The first-order chi connectivity index (χ1) is 4.49. The first-order valence-corrected chi connectivity index (χ1v) is 4.69. The van der Waals surface area contributed by atoms with Crippen LogP contribution in [0.5, 0.6) is 0 Å². The molecule has 0 radical (unpaired) electrons. The molecule has 0 aliphatic heterocycles. The van der Waals surface area contributed by atoms with E-state index in [0.717, 1.165) is 11.8 Å². The van der Waals surface area contributed by atoms with Crippen LogP contribution in [0.4, 0.5) is 0 Å². The molecule has 0 N–H and O–H groups in total. The third kappa shape index (κ3) is 0.903. The lowest BCUT2D eigenvalue weighted by molar-refractivity contribution is -0.0110. The molecule has 0 spiro atoms. The average molecular weight is 158 g/mol. The van der Waals surface area contributed by atoms with E-state index in [9.17, 15) is 0 Å². The lowest BCUT2D eigenvalue weighted by Gasteiger charge is -2.54. The molecule has 3 atom stereocenters. The molecule has 60 valence electrons. The van der Waals surface area contributed by atoms with Crippen LogP contribution in [0.2, 0.25) is 0 Å². The molecule has 1 rings (SSSR count). The van der Waals surface area contributed by atoms with Crippen molar-refractivity contribution in [3.05, 3.63) is 0 Å². The predicted molar refractivity (Wildman–Crippen MR) is 49.5 cm³/mol. The van der Waals surface area contributed by atoms with Gasteiger partial charge in [0.1, 0.15) is 0 Å². The SMILES string of the molecule is CC(S)C1(C)C(C)CC1C. The Morgan fingerprint density at radius 2 is 1.80 bits per heavy atom. The summed E-state index contributed by atoms with van der Waals surface area (Å²) in [6, 6.07) is 0. The maximum Gasteiger partial charge on any atom is 0.00474 e. The molecule has 0 aromatic carbocycles. The van der Waals surface area contributed by atoms with E-state index >= 15 is 0 Å². The Hall–Kier alpha value is 0.350. The van der Waals surface area contributed by atoms with Crippen molar-refractivity contribution in [1.82, 2.24) is 0 Å². The topological polar surface area (TPSA) is 0 Å². The number of hydrogen-bond acceptors (Lipinski definition) is 1. The van der Waals surface area contributed by atoms with Crippen molar-refractivity contribution in [2.75, 3.05) is 0 Å². The highest BCUT2D eigenvalue weighted by Crippen LogP contribution is 2.54. The summed E-state index contributed by atoms with van der Waals surface area (Å²) in [6.07, 6.45) is 1.39. The highest BCUT2D eigenvalue weighted by Gasteiger charge is 2.48. The standard InChI is InChI=1S/C9H18S/c1-6-5-7(2)9(6,4)8(3)10/h6-8,10H,5H2,1-4H3. The van der Waals surface area contributed by atoms with E-state index in [1.807, 2.05) is 0 Å². The molecule has 0 saturated heterocycles. The molecule has 0 bridgehead atoms. The minimum atomic E-state index is 0.503. The maximum absolute atomic E-state index is 4.53. The van der Waals surface area contributed by atoms with Gasteiger partial charge in [-0.25, -0.2) is 0 Å². The number of rotatable bonds is 1. The predicted octanol–water partition coefficient (Wildman–Crippen LogP) is 2.99. The van der Waals surface area contributed by atoms with Gasteiger partial charge in [0.15, 0.2) is 0 Å². The van der Waals surface area contributed by atoms with Crippen molar-refractivity contribution < 1.29 is 0 Å². The molecular formula is C9H18S. The molecule has 10 heavy (non-hydrogen) atoms. The summed E-state index contributed by atoms with van der Waals surface area (Å²) in [6.45, 7) is 9.26. The Kier molecular flexibility index (Phi) is 2.06. The van der Waals surface area contributed by atoms with Crippen molar-refractivity contribution in [3.8, 4) is 0 Å². The van der Waals surface area contributed by atoms with Crippen LogP contribution >= 0.6 is 12.6 Å². The van der Waals surface area contributed by atoms with Gasteiger partial charge in [-0.15, -0.1) is 0 Å². The Morgan fingerprint density at radius 1 is 1.40 bits per heavy atom. The van der Waals surface area contributed by atoms with E-state index in [1.54, 1.807) is 0 Å². The largest absolute Gasteiger partial charge is 0.176 e. The van der Waals surface area contributed by atoms with Gasteiger partial charge in [-0.2, -0.15) is 12.6 Å². The van der Waals surface area contributed by atoms with E-state index in [2.05, 4.69) is 40.3 Å². The third-order valence-corrected chi connectivity index (χ3v) is 4.29. The van der Waals surface area contributed by atoms with E-state index in [-0.39, 0.29) is 0 Å². The second kappa shape index (κ2) is 2.44. The zero-order valence-electron chi connectivity index (χ0n) is 7.39. The Morgan fingerprint density at radius 3 is 1.90 bits per heavy atom. The zero-order valence-corrected chi connectivity index (χ0v) is 8.28. The minimum absolute atomic E-state index is 0.503. The van der Waals surface area contributed by atoms with Gasteiger partial charge in [0.2, 0.25) is 0 Å². The molecule has 1 heteroatoms. The summed E-state index contributed by atoms with van der Waals surface area (Å²) in [5.74, 6) is 1.74. The van der Waals surface area contributed by atoms with Crippen LogP contribution in [0.15, 0.2) is 0 Å². The van der Waals surface area contributed by atoms with Crippen LogP contribution in [0.25, 0.3) is 0 Å². The van der Waals surface area contributed by atoms with Gasteiger partial charge in [0.05, 0.1) is 0 Å². The molecule has 0 nitrogen and oxygen atoms in total. The Labute approximate surface area is 69.8 Å². The van der Waals surface area contributed by atoms with Gasteiger partial charge < -0.3 is 0 Å². The van der Waals surface area contributed by atoms with E-state index in [0.29, 0.717) is 10.7 Å². The van der Waals surface area contributed by atoms with Crippen molar-refractivity contribution in [1.29, 1.82) is 0 Å². The zero-order chi connectivity index (χ0) is 7.94. The van der Waals surface area contributed by atoms with Crippen LogP contribution in [0.1, 0.15) is 34.1 Å². The highest BCUT2D eigenvalue weighted by molar-refractivity contribution is 7.81. The fourth-order valence-electron chi connectivity index (χ4n) is 2.19. The smallest absolute Gasteiger partial charge is 0.00474 e. The van der Waals surface area contributed by atoms with Gasteiger partial charge in [-0.1, -0.05) is 27.7 Å². The number of hydrogen-bond donors (Lipinski definition) is 1. The number of thiol groups is 1. The minimum Gasteiger partial charge on any atom is -0.176 e. The molecule has 1 saturated carbocycles. The van der Waals surface area contributed by atoms with Crippen LogP contribution in [0, 0.1) is 17.3 Å². The van der Waals surface area contributed by atoms with Crippen molar-refractivity contribution >= 4 is 12.6 Å². The average Bonchev–Trinajstić information content (AvgIpc) is 1.86. The lowest BCUT2D eigenvalue weighted by atomic mass is 9.54. The summed E-state index contributed by atoms with van der Waals surface area (Å²) < 4.78 is 0. The van der Waals surface area contributed by atoms with Crippen LogP contribution in [-0.4, -0.2) is 5.25 Å². The fourth-order valence-corrected chi connectivity index (χ4v) is 2.70. The first kappa shape index (κ1) is 8.45. The summed E-state index contributed by atoms with van der Waals surface area (Å²) in [4.78, 5) is 0. The van der Waals surface area contributed by atoms with Crippen LogP contribution < -0.4 is 0 Å². The molecule has 1 aliphatic rings. The van der Waals surface area contributed by atoms with E-state index < -0.39 is 0 Å². The molecule has 0 aromatic heterocycles. The first-order valence-electron chi connectivity index (χ1n) is 4.17. The van der Waals surface area contributed by atoms with Gasteiger partial charge >= 0.3 is 0 Å². The summed E-state index contributed by atoms with van der Waals surface area (Å²) >= 11 is 4.53. The normalized spacial score (nSPS) is 50.1. The molecular weight excluding hydrogens is 140 g/mol.